The summed E-state index contributed by atoms with van der Waals surface area (Å²) in [4.78, 5) is 2.39. The summed E-state index contributed by atoms with van der Waals surface area (Å²) in [6, 6.07) is 62.4. The van der Waals surface area contributed by atoms with E-state index in [1.54, 1.807) is 0 Å². The Hall–Kier alpha value is -6.12. The minimum absolute atomic E-state index is 0.0784. The molecular weight excluding hydrogens is 593 g/mol. The highest BCUT2D eigenvalue weighted by Gasteiger charge is 2.34. The van der Waals surface area contributed by atoms with Gasteiger partial charge in [-0.1, -0.05) is 135 Å². The van der Waals surface area contributed by atoms with Gasteiger partial charge in [0.05, 0.1) is 22.4 Å². The van der Waals surface area contributed by atoms with Gasteiger partial charge in [-0.15, -0.1) is 0 Å². The Balaban J connectivity index is 1.19. The second-order valence-electron chi connectivity index (χ2n) is 13.8. The maximum atomic E-state index is 2.49. The topological polar surface area (TPSA) is 8.17 Å². The van der Waals surface area contributed by atoms with Crippen LogP contribution < -0.4 is 4.90 Å². The van der Waals surface area contributed by atoms with Crippen molar-refractivity contribution in [2.45, 2.75) is 19.3 Å². The van der Waals surface area contributed by atoms with Gasteiger partial charge in [0.1, 0.15) is 0 Å². The maximum absolute atomic E-state index is 2.49. The van der Waals surface area contributed by atoms with Crippen LogP contribution in [-0.4, -0.2) is 4.57 Å². The van der Waals surface area contributed by atoms with Gasteiger partial charge < -0.3 is 9.47 Å². The smallest absolute Gasteiger partial charge is 0.0582 e. The molecule has 0 saturated carbocycles. The monoisotopic (exact) mass is 626 g/mol. The largest absolute Gasteiger partial charge is 0.310 e. The van der Waals surface area contributed by atoms with Crippen LogP contribution in [0.5, 0.6) is 0 Å². The third-order valence-corrected chi connectivity index (χ3v) is 10.7. The molecule has 9 aromatic rings. The van der Waals surface area contributed by atoms with Crippen molar-refractivity contribution in [2.24, 2.45) is 0 Å². The summed E-state index contributed by atoms with van der Waals surface area (Å²) in [6.45, 7) is 4.72. The predicted molar refractivity (Wildman–Crippen MR) is 208 cm³/mol. The van der Waals surface area contributed by atoms with Crippen molar-refractivity contribution in [3.63, 3.8) is 0 Å². The fraction of sp³-hybridized carbons (Fsp3) is 0.0638. The molecule has 0 aliphatic carbocycles. The molecular formula is C47H34N2. The number of para-hydroxylation sites is 3. The van der Waals surface area contributed by atoms with Gasteiger partial charge in [-0.2, -0.15) is 0 Å². The van der Waals surface area contributed by atoms with E-state index in [4.69, 9.17) is 0 Å². The lowest BCUT2D eigenvalue weighted by Crippen LogP contribution is -2.26. The molecule has 0 N–H and O–H groups in total. The molecule has 8 aromatic carbocycles. The van der Waals surface area contributed by atoms with Crippen LogP contribution in [-0.2, 0) is 5.41 Å². The highest BCUT2D eigenvalue weighted by Crippen LogP contribution is 2.48. The summed E-state index contributed by atoms with van der Waals surface area (Å²) in [5, 5.41) is 7.52. The summed E-state index contributed by atoms with van der Waals surface area (Å²) in [6.07, 6.45) is 0. The first-order valence-electron chi connectivity index (χ1n) is 17.1. The number of anilines is 3. The van der Waals surface area contributed by atoms with Gasteiger partial charge in [-0.25, -0.2) is 0 Å². The van der Waals surface area contributed by atoms with Crippen molar-refractivity contribution in [1.29, 1.82) is 0 Å². The summed E-state index contributed by atoms with van der Waals surface area (Å²) in [5.41, 5.74) is 12.4. The number of benzene rings is 8. The maximum Gasteiger partial charge on any atom is 0.0582 e. The van der Waals surface area contributed by atoms with Crippen LogP contribution in [0.25, 0.3) is 60.2 Å². The highest BCUT2D eigenvalue weighted by atomic mass is 15.1. The van der Waals surface area contributed by atoms with Crippen LogP contribution in [0.3, 0.4) is 0 Å². The first kappa shape index (κ1) is 27.9. The number of nitrogens with zero attached hydrogens (tertiary/aromatic N) is 2. The zero-order valence-corrected chi connectivity index (χ0v) is 27.6. The van der Waals surface area contributed by atoms with E-state index in [2.05, 4.69) is 193 Å². The summed E-state index contributed by atoms with van der Waals surface area (Å²) in [7, 11) is 0. The third kappa shape index (κ3) is 4.07. The Labute approximate surface area is 286 Å². The Kier molecular flexibility index (Phi) is 5.95. The molecule has 0 saturated heterocycles. The third-order valence-electron chi connectivity index (χ3n) is 10.7. The van der Waals surface area contributed by atoms with Crippen molar-refractivity contribution in [2.75, 3.05) is 4.90 Å². The molecule has 49 heavy (non-hydrogen) atoms. The molecule has 0 radical (unpaired) electrons. The van der Waals surface area contributed by atoms with E-state index in [-0.39, 0.29) is 5.41 Å². The molecule has 232 valence electrons. The second kappa shape index (κ2) is 10.4. The molecule has 2 heteroatoms. The lowest BCUT2D eigenvalue weighted by atomic mass is 9.75. The molecule has 0 atom stereocenters. The Morgan fingerprint density at radius 1 is 0.469 bits per heavy atom. The molecule has 0 spiro atoms. The molecule has 0 fully saturated rings. The van der Waals surface area contributed by atoms with Crippen LogP contribution in [0, 0.1) is 0 Å². The van der Waals surface area contributed by atoms with Crippen LogP contribution in [0.1, 0.15) is 25.0 Å². The normalized spacial score (nSPS) is 13.3. The quantitative estimate of drug-likeness (QED) is 0.189. The fourth-order valence-corrected chi connectivity index (χ4v) is 8.38. The van der Waals surface area contributed by atoms with E-state index in [1.807, 2.05) is 0 Å². The minimum atomic E-state index is -0.0784. The molecule has 10 rings (SSSR count). The Morgan fingerprint density at radius 3 is 2.06 bits per heavy atom. The van der Waals surface area contributed by atoms with Crippen molar-refractivity contribution in [3.05, 3.63) is 181 Å². The van der Waals surface area contributed by atoms with E-state index < -0.39 is 0 Å². The average Bonchev–Trinajstić information content (AvgIpc) is 3.49. The van der Waals surface area contributed by atoms with E-state index in [9.17, 15) is 0 Å². The van der Waals surface area contributed by atoms with Crippen molar-refractivity contribution in [3.8, 4) is 16.8 Å². The van der Waals surface area contributed by atoms with Gasteiger partial charge in [0.2, 0.25) is 0 Å². The molecule has 2 nitrogen and oxygen atoms in total. The highest BCUT2D eigenvalue weighted by molar-refractivity contribution is 6.14. The van der Waals surface area contributed by atoms with Gasteiger partial charge >= 0.3 is 0 Å². The van der Waals surface area contributed by atoms with E-state index >= 15 is 0 Å². The number of aromatic nitrogens is 1. The average molecular weight is 627 g/mol. The lowest BCUT2D eigenvalue weighted by molar-refractivity contribution is 0.630. The molecule has 1 aliphatic heterocycles. The Bertz CT molecular complexity index is 2750. The molecule has 0 unspecified atom stereocenters. The second-order valence-corrected chi connectivity index (χ2v) is 13.8. The number of rotatable bonds is 4. The van der Waals surface area contributed by atoms with Gasteiger partial charge in [-0.3, -0.25) is 0 Å². The number of hydrogen-bond donors (Lipinski definition) is 0. The first-order chi connectivity index (χ1) is 24.1. The van der Waals surface area contributed by atoms with Crippen LogP contribution in [0.2, 0.25) is 0 Å². The minimum Gasteiger partial charge on any atom is -0.310 e. The van der Waals surface area contributed by atoms with E-state index in [0.29, 0.717) is 0 Å². The molecule has 0 amide bonds. The molecule has 0 bridgehead atoms. The lowest BCUT2D eigenvalue weighted by Gasteiger charge is -2.34. The van der Waals surface area contributed by atoms with Crippen molar-refractivity contribution < 1.29 is 0 Å². The van der Waals surface area contributed by atoms with E-state index in [1.165, 1.54) is 71.3 Å². The van der Waals surface area contributed by atoms with Crippen LogP contribution in [0.4, 0.5) is 17.1 Å². The fourth-order valence-electron chi connectivity index (χ4n) is 8.38. The summed E-state index contributed by atoms with van der Waals surface area (Å²) >= 11 is 0. The van der Waals surface area contributed by atoms with Crippen molar-refractivity contribution >= 4 is 60.4 Å². The molecule has 1 aliphatic rings. The summed E-state index contributed by atoms with van der Waals surface area (Å²) in [5.74, 6) is 0. The standard InChI is InChI=1S/C47H34N2/c1-47(2)41-20-10-11-22-45(41)49-44-27-24-33(30-40(44)39-19-12-21-42(47)46(39)49)36-26-28-43(38-18-9-8-17-37(36)38)48(34-15-4-3-5-16-34)35-25-23-31-13-6-7-14-32(31)29-35/h3-30H,1-2H3. The van der Waals surface area contributed by atoms with E-state index in [0.717, 1.165) is 17.1 Å². The van der Waals surface area contributed by atoms with Gasteiger partial charge in [0.25, 0.3) is 0 Å². The zero-order valence-electron chi connectivity index (χ0n) is 27.6. The van der Waals surface area contributed by atoms with Crippen molar-refractivity contribution in [1.82, 2.24) is 4.57 Å². The predicted octanol–water partition coefficient (Wildman–Crippen LogP) is 12.9. The molecule has 2 heterocycles. The van der Waals surface area contributed by atoms with Gasteiger partial charge in [0, 0.05) is 32.9 Å². The summed E-state index contributed by atoms with van der Waals surface area (Å²) < 4.78 is 2.49. The Morgan fingerprint density at radius 2 is 1.18 bits per heavy atom. The SMILES string of the molecule is CC1(C)c2ccccc2-n2c3ccc(-c4ccc(N(c5ccccc5)c5ccc6ccccc6c5)c5ccccc45)cc3c3cccc1c32. The zero-order chi connectivity index (χ0) is 32.7. The van der Waals surface area contributed by atoms with Gasteiger partial charge in [-0.05, 0) is 86.9 Å². The molecule has 1 aromatic heterocycles. The first-order valence-corrected chi connectivity index (χ1v) is 17.1. The van der Waals surface area contributed by atoms with Crippen LogP contribution >= 0.6 is 0 Å². The van der Waals surface area contributed by atoms with Crippen LogP contribution in [0.15, 0.2) is 170 Å². The number of fused-ring (bicyclic) bond motifs is 7. The number of hydrogen-bond acceptors (Lipinski definition) is 1. The van der Waals surface area contributed by atoms with Gasteiger partial charge in [0.15, 0.2) is 0 Å².